The van der Waals surface area contributed by atoms with E-state index >= 15 is 0 Å². The molecule has 3 heterocycles. The van der Waals surface area contributed by atoms with Crippen molar-refractivity contribution in [1.82, 2.24) is 19.3 Å². The largest absolute Gasteiger partial charge is 0.355 e. The molecule has 34 heavy (non-hydrogen) atoms. The van der Waals surface area contributed by atoms with E-state index in [1.54, 1.807) is 42.3 Å². The second kappa shape index (κ2) is 8.03. The Morgan fingerprint density at radius 3 is 2.41 bits per heavy atom. The highest BCUT2D eigenvalue weighted by Crippen LogP contribution is 2.37. The highest BCUT2D eigenvalue weighted by molar-refractivity contribution is 7.90. The van der Waals surface area contributed by atoms with Gasteiger partial charge >= 0.3 is 0 Å². The summed E-state index contributed by atoms with van der Waals surface area (Å²) >= 11 is 0. The average molecular weight is 474 g/mol. The van der Waals surface area contributed by atoms with Gasteiger partial charge in [0.05, 0.1) is 11.1 Å². The second-order valence-corrected chi connectivity index (χ2v) is 10.3. The van der Waals surface area contributed by atoms with Crippen LogP contribution < -0.4 is 10.9 Å². The number of anilines is 2. The smallest absolute Gasteiger partial charge is 0.274 e. The number of nitrogens with one attached hydrogen (secondary N) is 2. The van der Waals surface area contributed by atoms with E-state index in [4.69, 9.17) is 0 Å². The SMILES string of the molecule is Cn1cc(-c2cc3c(-c4cc(S(C)(=O)=O)ccc4Nc4ccccc4)cn(C)c(=O)c3[nH]2)cn1. The number of nitrogens with zero attached hydrogens (tertiary/aromatic N) is 3. The van der Waals surface area contributed by atoms with Crippen LogP contribution in [0.25, 0.3) is 33.3 Å². The Labute approximate surface area is 196 Å². The average Bonchev–Trinajstić information content (AvgIpc) is 3.43. The van der Waals surface area contributed by atoms with Crippen molar-refractivity contribution in [3.05, 3.63) is 83.5 Å². The monoisotopic (exact) mass is 473 g/mol. The van der Waals surface area contributed by atoms with Crippen LogP contribution in [-0.2, 0) is 23.9 Å². The molecule has 0 atom stereocenters. The van der Waals surface area contributed by atoms with Crippen molar-refractivity contribution in [3.8, 4) is 22.4 Å². The van der Waals surface area contributed by atoms with Crippen LogP contribution >= 0.6 is 0 Å². The van der Waals surface area contributed by atoms with Crippen LogP contribution in [0.4, 0.5) is 11.4 Å². The standard InChI is InChI=1S/C25H23N5O3S/c1-29-15-21(20-12-23(28-24(20)25(29)31)16-13-26-30(2)14-16)19-11-18(34(3,32)33)9-10-22(19)27-17-7-5-4-6-8-17/h4-15,27-28H,1-3H3. The zero-order chi connectivity index (χ0) is 24.0. The molecule has 2 N–H and O–H groups in total. The van der Waals surface area contributed by atoms with Gasteiger partial charge in [-0.2, -0.15) is 5.10 Å². The van der Waals surface area contributed by atoms with Gasteiger partial charge in [0, 0.05) is 71.9 Å². The topological polar surface area (TPSA) is 102 Å². The predicted molar refractivity (Wildman–Crippen MR) is 134 cm³/mol. The molecule has 0 radical (unpaired) electrons. The number of aromatic amines is 1. The van der Waals surface area contributed by atoms with Gasteiger partial charge in [0.1, 0.15) is 5.52 Å². The number of sulfone groups is 1. The number of rotatable bonds is 5. The molecule has 9 heteroatoms. The summed E-state index contributed by atoms with van der Waals surface area (Å²) in [5, 5.41) is 8.30. The molecule has 5 aromatic rings. The van der Waals surface area contributed by atoms with Crippen molar-refractivity contribution >= 4 is 32.1 Å². The van der Waals surface area contributed by atoms with Crippen LogP contribution in [0.5, 0.6) is 0 Å². The lowest BCUT2D eigenvalue weighted by molar-refractivity contribution is 0.602. The van der Waals surface area contributed by atoms with Crippen molar-refractivity contribution in [1.29, 1.82) is 0 Å². The molecule has 0 aliphatic rings. The Morgan fingerprint density at radius 1 is 0.971 bits per heavy atom. The Morgan fingerprint density at radius 2 is 1.74 bits per heavy atom. The summed E-state index contributed by atoms with van der Waals surface area (Å²) in [6.45, 7) is 0. The lowest BCUT2D eigenvalue weighted by atomic mass is 10.0. The molecule has 2 aromatic carbocycles. The molecule has 0 amide bonds. The third-order valence-electron chi connectivity index (χ3n) is 5.74. The first-order chi connectivity index (χ1) is 16.2. The van der Waals surface area contributed by atoms with E-state index < -0.39 is 9.84 Å². The van der Waals surface area contributed by atoms with E-state index in [1.807, 2.05) is 49.6 Å². The maximum atomic E-state index is 13.0. The van der Waals surface area contributed by atoms with E-state index in [2.05, 4.69) is 15.4 Å². The van der Waals surface area contributed by atoms with E-state index in [0.717, 1.165) is 28.2 Å². The van der Waals surface area contributed by atoms with Gasteiger partial charge in [0.25, 0.3) is 5.56 Å². The molecule has 0 saturated heterocycles. The first kappa shape index (κ1) is 21.7. The number of hydrogen-bond donors (Lipinski definition) is 2. The fourth-order valence-corrected chi connectivity index (χ4v) is 4.67. The summed E-state index contributed by atoms with van der Waals surface area (Å²) in [4.78, 5) is 16.4. The lowest BCUT2D eigenvalue weighted by Gasteiger charge is -2.15. The fraction of sp³-hybridized carbons (Fsp3) is 0.120. The van der Waals surface area contributed by atoms with E-state index in [0.29, 0.717) is 16.5 Å². The number of hydrogen-bond acceptors (Lipinski definition) is 5. The fourth-order valence-electron chi connectivity index (χ4n) is 4.03. The van der Waals surface area contributed by atoms with Gasteiger partial charge < -0.3 is 14.9 Å². The molecule has 0 aliphatic carbocycles. The minimum absolute atomic E-state index is 0.175. The highest BCUT2D eigenvalue weighted by Gasteiger charge is 2.19. The van der Waals surface area contributed by atoms with Gasteiger partial charge in [-0.25, -0.2) is 8.42 Å². The van der Waals surface area contributed by atoms with Crippen molar-refractivity contribution in [2.24, 2.45) is 14.1 Å². The summed E-state index contributed by atoms with van der Waals surface area (Å²) in [5.41, 5.74) is 4.85. The molecule has 0 bridgehead atoms. The van der Waals surface area contributed by atoms with Crippen molar-refractivity contribution < 1.29 is 8.42 Å². The first-order valence-corrected chi connectivity index (χ1v) is 12.5. The van der Waals surface area contributed by atoms with Crippen LogP contribution in [0.2, 0.25) is 0 Å². The lowest BCUT2D eigenvalue weighted by Crippen LogP contribution is -2.16. The van der Waals surface area contributed by atoms with Crippen LogP contribution in [0.15, 0.2) is 82.9 Å². The molecule has 0 unspecified atom stereocenters. The Bertz CT molecular complexity index is 1700. The molecular weight excluding hydrogens is 450 g/mol. The molecule has 5 rings (SSSR count). The van der Waals surface area contributed by atoms with Crippen LogP contribution in [-0.4, -0.2) is 34.0 Å². The highest BCUT2D eigenvalue weighted by atomic mass is 32.2. The van der Waals surface area contributed by atoms with Crippen LogP contribution in [0.1, 0.15) is 0 Å². The van der Waals surface area contributed by atoms with Crippen LogP contribution in [0.3, 0.4) is 0 Å². The number of para-hydroxylation sites is 1. The molecule has 0 fully saturated rings. The van der Waals surface area contributed by atoms with Gasteiger partial charge in [0.15, 0.2) is 9.84 Å². The minimum Gasteiger partial charge on any atom is -0.355 e. The molecular formula is C25H23N5O3S. The molecule has 172 valence electrons. The quantitative estimate of drug-likeness (QED) is 0.401. The second-order valence-electron chi connectivity index (χ2n) is 8.30. The number of aromatic nitrogens is 4. The number of fused-ring (bicyclic) bond motifs is 1. The Balaban J connectivity index is 1.78. The van der Waals surface area contributed by atoms with Crippen LogP contribution in [0, 0.1) is 0 Å². The van der Waals surface area contributed by atoms with Gasteiger partial charge in [-0.1, -0.05) is 18.2 Å². The van der Waals surface area contributed by atoms with Gasteiger partial charge in [-0.15, -0.1) is 0 Å². The van der Waals surface area contributed by atoms with Crippen molar-refractivity contribution in [2.75, 3.05) is 11.6 Å². The van der Waals surface area contributed by atoms with E-state index in [1.165, 1.54) is 10.8 Å². The van der Waals surface area contributed by atoms with Gasteiger partial charge in [-0.3, -0.25) is 9.48 Å². The zero-order valence-corrected chi connectivity index (χ0v) is 19.7. The maximum Gasteiger partial charge on any atom is 0.274 e. The number of pyridine rings is 1. The summed E-state index contributed by atoms with van der Waals surface area (Å²) in [6, 6.07) is 16.5. The van der Waals surface area contributed by atoms with Crippen molar-refractivity contribution in [3.63, 3.8) is 0 Å². The number of aryl methyl sites for hydroxylation is 2. The molecule has 3 aromatic heterocycles. The number of H-pyrrole nitrogens is 1. The number of benzene rings is 2. The summed E-state index contributed by atoms with van der Waals surface area (Å²) in [7, 11) is 0.0647. The summed E-state index contributed by atoms with van der Waals surface area (Å²) in [6.07, 6.45) is 6.51. The summed E-state index contributed by atoms with van der Waals surface area (Å²) < 4.78 is 27.9. The third kappa shape index (κ3) is 3.90. The molecule has 0 aliphatic heterocycles. The molecule has 0 saturated carbocycles. The zero-order valence-electron chi connectivity index (χ0n) is 18.9. The summed E-state index contributed by atoms with van der Waals surface area (Å²) in [5.74, 6) is 0. The Hall–Kier alpha value is -4.11. The van der Waals surface area contributed by atoms with E-state index in [-0.39, 0.29) is 10.5 Å². The predicted octanol–water partition coefficient (Wildman–Crippen LogP) is 4.08. The normalized spacial score (nSPS) is 11.7. The minimum atomic E-state index is -3.44. The van der Waals surface area contributed by atoms with E-state index in [9.17, 15) is 13.2 Å². The molecule has 8 nitrogen and oxygen atoms in total. The third-order valence-corrected chi connectivity index (χ3v) is 6.85. The Kier molecular flexibility index (Phi) is 5.13. The van der Waals surface area contributed by atoms with Gasteiger partial charge in [0.2, 0.25) is 0 Å². The van der Waals surface area contributed by atoms with Gasteiger partial charge in [-0.05, 0) is 36.4 Å². The molecule has 0 spiro atoms. The van der Waals surface area contributed by atoms with Crippen molar-refractivity contribution in [2.45, 2.75) is 4.90 Å². The first-order valence-electron chi connectivity index (χ1n) is 10.6. The maximum absolute atomic E-state index is 13.0.